The molecular weight excluding hydrogens is 410 g/mol. The van der Waals surface area contributed by atoms with Crippen molar-refractivity contribution in [2.45, 2.75) is 4.90 Å². The molecule has 1 aliphatic heterocycles. The molecule has 1 heterocycles. The first-order valence-electron chi connectivity index (χ1n) is 9.14. The lowest BCUT2D eigenvalue weighted by atomic mass is 10.2. The van der Waals surface area contributed by atoms with Crippen molar-refractivity contribution in [2.24, 2.45) is 0 Å². The highest BCUT2D eigenvalue weighted by atomic mass is 32.2. The molecule has 0 unspecified atom stereocenters. The summed E-state index contributed by atoms with van der Waals surface area (Å²) in [4.78, 5) is 36.3. The van der Waals surface area contributed by atoms with Crippen LogP contribution in [0.1, 0.15) is 20.7 Å². The molecule has 3 rings (SSSR count). The summed E-state index contributed by atoms with van der Waals surface area (Å²) >= 11 is 0. The highest BCUT2D eigenvalue weighted by molar-refractivity contribution is 7.89. The summed E-state index contributed by atoms with van der Waals surface area (Å²) in [6.45, 7) is 1.14. The number of sulfonamides is 1. The van der Waals surface area contributed by atoms with Crippen molar-refractivity contribution in [3.8, 4) is 0 Å². The van der Waals surface area contributed by atoms with Crippen LogP contribution in [-0.2, 0) is 19.6 Å². The Morgan fingerprint density at radius 3 is 2.03 bits per heavy atom. The standard InChI is InChI=1S/C20H21N3O6S/c1-29-20(26)16-2-6-17(7-3-16)21-19(25)15-4-8-18(9-5-15)30(27,28)23-12-10-22(14-24)11-13-23/h2-9,14H,10-13H2,1H3,(H,21,25). The van der Waals surface area contributed by atoms with Crippen LogP contribution in [0.4, 0.5) is 5.69 Å². The van der Waals surface area contributed by atoms with Crippen LogP contribution in [0.2, 0.25) is 0 Å². The smallest absolute Gasteiger partial charge is 0.337 e. The number of ether oxygens (including phenoxy) is 1. The number of carbonyl (C=O) groups excluding carboxylic acids is 3. The molecule has 2 amide bonds. The van der Waals surface area contributed by atoms with E-state index in [1.54, 1.807) is 12.1 Å². The topological polar surface area (TPSA) is 113 Å². The molecule has 30 heavy (non-hydrogen) atoms. The largest absolute Gasteiger partial charge is 0.465 e. The normalized spacial score (nSPS) is 14.8. The molecule has 0 bridgehead atoms. The van der Waals surface area contributed by atoms with Crippen LogP contribution in [0, 0.1) is 0 Å². The Labute approximate surface area is 174 Å². The quantitative estimate of drug-likeness (QED) is 0.543. The van der Waals surface area contributed by atoms with Gasteiger partial charge < -0.3 is 15.0 Å². The fraction of sp³-hybridized carbons (Fsp3) is 0.250. The van der Waals surface area contributed by atoms with E-state index < -0.39 is 21.9 Å². The first kappa shape index (κ1) is 21.5. The Kier molecular flexibility index (Phi) is 6.48. The van der Waals surface area contributed by atoms with Gasteiger partial charge in [-0.15, -0.1) is 0 Å². The van der Waals surface area contributed by atoms with E-state index in [4.69, 9.17) is 0 Å². The third-order valence-electron chi connectivity index (χ3n) is 4.74. The molecule has 9 nitrogen and oxygen atoms in total. The predicted octanol–water partition coefficient (Wildman–Crippen LogP) is 1.19. The number of anilines is 1. The van der Waals surface area contributed by atoms with Crippen LogP contribution in [0.25, 0.3) is 0 Å². The fourth-order valence-corrected chi connectivity index (χ4v) is 4.41. The van der Waals surface area contributed by atoms with E-state index in [1.165, 1.54) is 52.7 Å². The molecule has 0 radical (unpaired) electrons. The molecule has 2 aromatic carbocycles. The first-order valence-corrected chi connectivity index (χ1v) is 10.6. The minimum atomic E-state index is -3.70. The van der Waals surface area contributed by atoms with Gasteiger partial charge in [0.05, 0.1) is 17.6 Å². The molecule has 0 atom stereocenters. The summed E-state index contributed by atoms with van der Waals surface area (Å²) in [6.07, 6.45) is 0.709. The minimum Gasteiger partial charge on any atom is -0.465 e. The van der Waals surface area contributed by atoms with E-state index in [0.29, 0.717) is 30.8 Å². The predicted molar refractivity (Wildman–Crippen MR) is 109 cm³/mol. The van der Waals surface area contributed by atoms with E-state index in [1.807, 2.05) is 0 Å². The van der Waals surface area contributed by atoms with Crippen molar-refractivity contribution < 1.29 is 27.5 Å². The molecule has 0 aliphatic carbocycles. The molecule has 10 heteroatoms. The number of esters is 1. The van der Waals surface area contributed by atoms with Gasteiger partial charge >= 0.3 is 5.97 Å². The number of nitrogens with one attached hydrogen (secondary N) is 1. The van der Waals surface area contributed by atoms with Crippen LogP contribution in [-0.4, -0.2) is 69.2 Å². The van der Waals surface area contributed by atoms with Crippen LogP contribution >= 0.6 is 0 Å². The molecule has 1 N–H and O–H groups in total. The van der Waals surface area contributed by atoms with Crippen molar-refractivity contribution in [2.75, 3.05) is 38.6 Å². The van der Waals surface area contributed by atoms with Gasteiger partial charge in [0.25, 0.3) is 5.91 Å². The van der Waals surface area contributed by atoms with Crippen molar-refractivity contribution in [3.05, 3.63) is 59.7 Å². The van der Waals surface area contributed by atoms with Gasteiger partial charge in [-0.2, -0.15) is 4.31 Å². The average Bonchev–Trinajstić information content (AvgIpc) is 2.79. The van der Waals surface area contributed by atoms with Crippen molar-refractivity contribution >= 4 is 34.0 Å². The van der Waals surface area contributed by atoms with Crippen molar-refractivity contribution in [3.63, 3.8) is 0 Å². The number of amides is 2. The zero-order valence-corrected chi connectivity index (χ0v) is 17.1. The zero-order valence-electron chi connectivity index (χ0n) is 16.3. The van der Waals surface area contributed by atoms with Crippen molar-refractivity contribution in [1.29, 1.82) is 0 Å². The van der Waals surface area contributed by atoms with Crippen molar-refractivity contribution in [1.82, 2.24) is 9.21 Å². The van der Waals surface area contributed by atoms with Gasteiger partial charge in [-0.25, -0.2) is 13.2 Å². The van der Waals surface area contributed by atoms with E-state index in [-0.39, 0.29) is 23.5 Å². The van der Waals surface area contributed by atoms with Gasteiger partial charge in [0.1, 0.15) is 0 Å². The summed E-state index contributed by atoms with van der Waals surface area (Å²) in [5.41, 5.74) is 1.13. The van der Waals surface area contributed by atoms with Gasteiger partial charge in [0.15, 0.2) is 0 Å². The number of benzene rings is 2. The van der Waals surface area contributed by atoms with E-state index in [0.717, 1.165) is 0 Å². The molecular formula is C20H21N3O6S. The van der Waals surface area contributed by atoms with Crippen LogP contribution in [0.5, 0.6) is 0 Å². The number of hydrogen-bond acceptors (Lipinski definition) is 6. The third kappa shape index (κ3) is 4.66. The summed E-state index contributed by atoms with van der Waals surface area (Å²) in [5.74, 6) is -0.887. The second kappa shape index (κ2) is 9.06. The summed E-state index contributed by atoms with van der Waals surface area (Å²) in [5, 5.41) is 2.69. The number of rotatable bonds is 6. The molecule has 0 spiro atoms. The van der Waals surface area contributed by atoms with Gasteiger partial charge in [-0.05, 0) is 48.5 Å². The third-order valence-corrected chi connectivity index (χ3v) is 6.65. The maximum absolute atomic E-state index is 12.7. The highest BCUT2D eigenvalue weighted by Crippen LogP contribution is 2.19. The summed E-state index contributed by atoms with van der Waals surface area (Å²) in [6, 6.07) is 11.8. The van der Waals surface area contributed by atoms with E-state index >= 15 is 0 Å². The maximum Gasteiger partial charge on any atom is 0.337 e. The number of methoxy groups -OCH3 is 1. The minimum absolute atomic E-state index is 0.0843. The van der Waals surface area contributed by atoms with Gasteiger partial charge in [-0.1, -0.05) is 0 Å². The van der Waals surface area contributed by atoms with Crippen LogP contribution < -0.4 is 5.32 Å². The van der Waals surface area contributed by atoms with E-state index in [9.17, 15) is 22.8 Å². The molecule has 2 aromatic rings. The van der Waals surface area contributed by atoms with Gasteiger partial charge in [0.2, 0.25) is 16.4 Å². The number of hydrogen-bond donors (Lipinski definition) is 1. The first-order chi connectivity index (χ1) is 14.3. The van der Waals surface area contributed by atoms with Crippen LogP contribution in [0.15, 0.2) is 53.4 Å². The number of nitrogens with zero attached hydrogens (tertiary/aromatic N) is 2. The second-order valence-corrected chi connectivity index (χ2v) is 8.53. The molecule has 0 saturated carbocycles. The van der Waals surface area contributed by atoms with E-state index in [2.05, 4.69) is 10.1 Å². The molecule has 1 fully saturated rings. The number of carbonyl (C=O) groups is 3. The Balaban J connectivity index is 1.67. The fourth-order valence-electron chi connectivity index (χ4n) is 2.99. The molecule has 1 aliphatic rings. The lowest BCUT2D eigenvalue weighted by Gasteiger charge is -2.31. The summed E-state index contributed by atoms with van der Waals surface area (Å²) in [7, 11) is -2.41. The lowest BCUT2D eigenvalue weighted by molar-refractivity contribution is -0.119. The second-order valence-electron chi connectivity index (χ2n) is 6.59. The maximum atomic E-state index is 12.7. The molecule has 158 valence electrons. The lowest BCUT2D eigenvalue weighted by Crippen LogP contribution is -2.47. The highest BCUT2D eigenvalue weighted by Gasteiger charge is 2.28. The van der Waals surface area contributed by atoms with Gasteiger partial charge in [0, 0.05) is 37.4 Å². The Morgan fingerprint density at radius 1 is 0.933 bits per heavy atom. The van der Waals surface area contributed by atoms with Gasteiger partial charge in [-0.3, -0.25) is 9.59 Å². The molecule has 1 saturated heterocycles. The number of piperazine rings is 1. The Bertz CT molecular complexity index is 1030. The van der Waals surface area contributed by atoms with Crippen LogP contribution in [0.3, 0.4) is 0 Å². The average molecular weight is 431 g/mol. The SMILES string of the molecule is COC(=O)c1ccc(NC(=O)c2ccc(S(=O)(=O)N3CCN(C=O)CC3)cc2)cc1. The molecule has 0 aromatic heterocycles. The Morgan fingerprint density at radius 2 is 1.50 bits per heavy atom. The monoisotopic (exact) mass is 431 g/mol. The summed E-state index contributed by atoms with van der Waals surface area (Å²) < 4.78 is 31.4. The zero-order chi connectivity index (χ0) is 21.7. The Hall–Kier alpha value is -3.24.